The van der Waals surface area contributed by atoms with E-state index in [2.05, 4.69) is 10.6 Å². The van der Waals surface area contributed by atoms with Gasteiger partial charge in [-0.2, -0.15) is 0 Å². The summed E-state index contributed by atoms with van der Waals surface area (Å²) in [4.78, 5) is 34.5. The van der Waals surface area contributed by atoms with Crippen molar-refractivity contribution in [2.45, 2.75) is 32.4 Å². The number of alkyl carbamates (subject to hydrolysis) is 1. The van der Waals surface area contributed by atoms with Crippen LogP contribution in [0.2, 0.25) is 0 Å². The number of carboxylic acids is 1. The van der Waals surface area contributed by atoms with Gasteiger partial charge in [-0.25, -0.2) is 14.0 Å². The van der Waals surface area contributed by atoms with Gasteiger partial charge in [0, 0.05) is 5.69 Å². The zero-order chi connectivity index (χ0) is 20.5. The molecule has 0 radical (unpaired) electrons. The Labute approximate surface area is 161 Å². The number of hydrogen-bond donors (Lipinski definition) is 3. The minimum atomic E-state index is -1.12. The van der Waals surface area contributed by atoms with E-state index in [-0.39, 0.29) is 31.2 Å². The van der Waals surface area contributed by atoms with Gasteiger partial charge in [-0.15, -0.1) is 0 Å². The van der Waals surface area contributed by atoms with Crippen LogP contribution in [0.4, 0.5) is 14.9 Å². The Balaban J connectivity index is 1.80. The van der Waals surface area contributed by atoms with Crippen molar-refractivity contribution in [2.75, 3.05) is 5.32 Å². The van der Waals surface area contributed by atoms with Crippen molar-refractivity contribution in [3.63, 3.8) is 0 Å². The Hall–Kier alpha value is -3.42. The van der Waals surface area contributed by atoms with Gasteiger partial charge in [-0.05, 0) is 41.8 Å². The number of carbonyl (C=O) groups is 3. The van der Waals surface area contributed by atoms with E-state index in [0.717, 1.165) is 0 Å². The van der Waals surface area contributed by atoms with Gasteiger partial charge in [0.25, 0.3) is 0 Å². The molecule has 0 aliphatic heterocycles. The molecule has 2 amide bonds. The molecule has 7 nitrogen and oxygen atoms in total. The molecule has 2 rings (SSSR count). The van der Waals surface area contributed by atoms with Crippen molar-refractivity contribution in [3.8, 4) is 0 Å². The first-order valence-corrected chi connectivity index (χ1v) is 8.66. The first kappa shape index (κ1) is 20.9. The number of carbonyl (C=O) groups excluding carboxylic acids is 2. The van der Waals surface area contributed by atoms with Crippen LogP contribution >= 0.6 is 0 Å². The number of rotatable bonds is 8. The molecule has 0 aromatic heterocycles. The summed E-state index contributed by atoms with van der Waals surface area (Å²) in [5, 5.41) is 13.9. The van der Waals surface area contributed by atoms with Gasteiger partial charge in [0.1, 0.15) is 18.5 Å². The van der Waals surface area contributed by atoms with Crippen LogP contribution in [0.15, 0.2) is 48.5 Å². The lowest BCUT2D eigenvalue weighted by molar-refractivity contribution is -0.139. The lowest BCUT2D eigenvalue weighted by Crippen LogP contribution is -2.40. The van der Waals surface area contributed by atoms with Crippen LogP contribution in [0.1, 0.15) is 24.5 Å². The number of aliphatic carboxylic acids is 1. The van der Waals surface area contributed by atoms with Crippen molar-refractivity contribution in [1.29, 1.82) is 0 Å². The van der Waals surface area contributed by atoms with Crippen LogP contribution in [0.25, 0.3) is 0 Å². The highest BCUT2D eigenvalue weighted by Crippen LogP contribution is 2.12. The number of benzene rings is 2. The second-order valence-electron chi connectivity index (χ2n) is 6.07. The fourth-order valence-electron chi connectivity index (χ4n) is 2.35. The molecule has 148 valence electrons. The van der Waals surface area contributed by atoms with E-state index in [1.807, 2.05) is 0 Å². The van der Waals surface area contributed by atoms with Crippen molar-refractivity contribution < 1.29 is 28.6 Å². The van der Waals surface area contributed by atoms with Gasteiger partial charge in [-0.1, -0.05) is 31.2 Å². The fraction of sp³-hybridized carbons (Fsp3) is 0.250. The molecular formula is C20H21FN2O5. The molecule has 0 aliphatic rings. The number of carboxylic acid groups (broad SMARTS) is 1. The van der Waals surface area contributed by atoms with Crippen LogP contribution in [0.5, 0.6) is 0 Å². The van der Waals surface area contributed by atoms with Crippen molar-refractivity contribution in [3.05, 3.63) is 65.5 Å². The number of ether oxygens (including phenoxy) is 1. The van der Waals surface area contributed by atoms with E-state index in [1.165, 1.54) is 12.1 Å². The van der Waals surface area contributed by atoms with E-state index >= 15 is 0 Å². The van der Waals surface area contributed by atoms with Crippen molar-refractivity contribution in [1.82, 2.24) is 5.32 Å². The van der Waals surface area contributed by atoms with Gasteiger partial charge in [-0.3, -0.25) is 4.79 Å². The molecule has 28 heavy (non-hydrogen) atoms. The zero-order valence-electron chi connectivity index (χ0n) is 15.3. The van der Waals surface area contributed by atoms with Crippen LogP contribution in [0, 0.1) is 5.82 Å². The number of amides is 2. The minimum absolute atomic E-state index is 0.0360. The average molecular weight is 388 g/mol. The molecule has 1 atom stereocenters. The van der Waals surface area contributed by atoms with Gasteiger partial charge in [0.05, 0.1) is 6.42 Å². The molecule has 0 fully saturated rings. The highest BCUT2D eigenvalue weighted by molar-refractivity contribution is 5.92. The molecule has 0 saturated carbocycles. The maximum atomic E-state index is 12.9. The van der Waals surface area contributed by atoms with Gasteiger partial charge < -0.3 is 20.5 Å². The molecule has 0 bridgehead atoms. The monoisotopic (exact) mass is 388 g/mol. The lowest BCUT2D eigenvalue weighted by atomic mass is 10.1. The first-order chi connectivity index (χ1) is 13.4. The summed E-state index contributed by atoms with van der Waals surface area (Å²) < 4.78 is 17.9. The molecule has 0 saturated heterocycles. The predicted molar refractivity (Wildman–Crippen MR) is 100 cm³/mol. The third-order valence-corrected chi connectivity index (χ3v) is 3.88. The van der Waals surface area contributed by atoms with Crippen molar-refractivity contribution >= 4 is 23.7 Å². The van der Waals surface area contributed by atoms with E-state index in [9.17, 15) is 18.8 Å². The normalized spacial score (nSPS) is 11.4. The van der Waals surface area contributed by atoms with Crippen LogP contribution in [-0.4, -0.2) is 29.1 Å². The lowest BCUT2D eigenvalue weighted by Gasteiger charge is -2.12. The summed E-state index contributed by atoms with van der Waals surface area (Å²) in [5.74, 6) is -1.72. The Morgan fingerprint density at radius 1 is 1.04 bits per heavy atom. The predicted octanol–water partition coefficient (Wildman–Crippen LogP) is 3.10. The summed E-state index contributed by atoms with van der Waals surface area (Å²) in [7, 11) is 0. The molecule has 0 spiro atoms. The molecular weight excluding hydrogens is 367 g/mol. The van der Waals surface area contributed by atoms with Gasteiger partial charge in [0.2, 0.25) is 5.91 Å². The van der Waals surface area contributed by atoms with E-state index in [1.54, 1.807) is 43.3 Å². The number of nitrogens with one attached hydrogen (secondary N) is 2. The summed E-state index contributed by atoms with van der Waals surface area (Å²) in [6, 6.07) is 11.4. The first-order valence-electron chi connectivity index (χ1n) is 8.66. The second kappa shape index (κ2) is 10.1. The summed E-state index contributed by atoms with van der Waals surface area (Å²) >= 11 is 0. The third-order valence-electron chi connectivity index (χ3n) is 3.88. The average Bonchev–Trinajstić information content (AvgIpc) is 2.67. The minimum Gasteiger partial charge on any atom is -0.480 e. The quantitative estimate of drug-likeness (QED) is 0.645. The van der Waals surface area contributed by atoms with Crippen molar-refractivity contribution in [2.24, 2.45) is 0 Å². The molecule has 2 aromatic carbocycles. The maximum Gasteiger partial charge on any atom is 0.408 e. The highest BCUT2D eigenvalue weighted by atomic mass is 19.1. The molecule has 3 N–H and O–H groups in total. The highest BCUT2D eigenvalue weighted by Gasteiger charge is 2.18. The summed E-state index contributed by atoms with van der Waals surface area (Å²) in [5.41, 5.74) is 1.94. The second-order valence-corrected chi connectivity index (χ2v) is 6.07. The number of anilines is 1. The molecule has 0 unspecified atom stereocenters. The maximum absolute atomic E-state index is 12.9. The van der Waals surface area contributed by atoms with Crippen LogP contribution in [-0.2, 0) is 27.4 Å². The van der Waals surface area contributed by atoms with E-state index < -0.39 is 18.1 Å². The Bertz CT molecular complexity index is 821. The Kier molecular flexibility index (Phi) is 7.50. The van der Waals surface area contributed by atoms with E-state index in [0.29, 0.717) is 16.8 Å². The number of hydrogen-bond acceptors (Lipinski definition) is 4. The molecule has 0 aliphatic carbocycles. The topological polar surface area (TPSA) is 105 Å². The standard InChI is InChI=1S/C20H21FN2O5/c1-2-17(19(25)26)23-20(27)28-12-14-5-9-16(10-6-14)22-18(24)11-13-3-7-15(21)8-4-13/h3-10,17H,2,11-12H2,1H3,(H,22,24)(H,23,27)(H,25,26)/t17-/m0/s1. The fourth-order valence-corrected chi connectivity index (χ4v) is 2.35. The Morgan fingerprint density at radius 2 is 1.64 bits per heavy atom. The van der Waals surface area contributed by atoms with E-state index in [4.69, 9.17) is 9.84 Å². The van der Waals surface area contributed by atoms with Gasteiger partial charge >= 0.3 is 12.1 Å². The van der Waals surface area contributed by atoms with Crippen LogP contribution in [0.3, 0.4) is 0 Å². The molecule has 2 aromatic rings. The molecule has 0 heterocycles. The van der Waals surface area contributed by atoms with Crippen LogP contribution < -0.4 is 10.6 Å². The summed E-state index contributed by atoms with van der Waals surface area (Å²) in [6.07, 6.45) is -0.449. The SMILES string of the molecule is CC[C@H](NC(=O)OCc1ccc(NC(=O)Cc2ccc(F)cc2)cc1)C(=O)O. The smallest absolute Gasteiger partial charge is 0.408 e. The third kappa shape index (κ3) is 6.71. The Morgan fingerprint density at radius 3 is 2.21 bits per heavy atom. The summed E-state index contributed by atoms with van der Waals surface area (Å²) in [6.45, 7) is 1.61. The number of halogens is 1. The molecule has 8 heteroatoms. The largest absolute Gasteiger partial charge is 0.480 e. The zero-order valence-corrected chi connectivity index (χ0v) is 15.3. The van der Waals surface area contributed by atoms with Gasteiger partial charge in [0.15, 0.2) is 0 Å².